The topological polar surface area (TPSA) is 17.8 Å². The van der Waals surface area contributed by atoms with Crippen molar-refractivity contribution in [2.45, 2.75) is 11.8 Å². The van der Waals surface area contributed by atoms with Crippen molar-refractivity contribution in [3.63, 3.8) is 0 Å². The molecule has 1 atom stereocenters. The number of hydrogen-bond donors (Lipinski definition) is 0. The van der Waals surface area contributed by atoms with E-state index in [1.807, 2.05) is 30.5 Å². The molecule has 3 heteroatoms. The molecule has 0 aliphatic heterocycles. The van der Waals surface area contributed by atoms with Gasteiger partial charge in [-0.05, 0) is 28.7 Å². The molecule has 1 heterocycles. The molecule has 0 spiro atoms. The fourth-order valence-electron chi connectivity index (χ4n) is 2.31. The van der Waals surface area contributed by atoms with Crippen LogP contribution in [0.5, 0.6) is 0 Å². The minimum absolute atomic E-state index is 0.457. The second kappa shape index (κ2) is 5.49. The summed E-state index contributed by atoms with van der Waals surface area (Å²) in [5.74, 6) is 0. The normalized spacial score (nSPS) is 12.7. The second-order valence-electron chi connectivity index (χ2n) is 4.59. The van der Waals surface area contributed by atoms with Crippen molar-refractivity contribution >= 4 is 22.5 Å². The number of thioether (sulfide) groups is 1. The Morgan fingerprint density at radius 2 is 2.00 bits per heavy atom. The molecule has 0 bridgehead atoms. The van der Waals surface area contributed by atoms with Gasteiger partial charge in [0.1, 0.15) is 0 Å². The molecule has 2 aromatic carbocycles. The minimum Gasteiger partial charge on any atom is -0.336 e. The first-order valence-electron chi connectivity index (χ1n) is 6.34. The monoisotopic (exact) mass is 268 g/mol. The van der Waals surface area contributed by atoms with Gasteiger partial charge in [0.05, 0.1) is 6.33 Å². The molecule has 2 nitrogen and oxygen atoms in total. The molecule has 0 N–H and O–H groups in total. The van der Waals surface area contributed by atoms with Crippen molar-refractivity contribution in [2.75, 3.05) is 6.26 Å². The average Bonchev–Trinajstić information content (AvgIpc) is 2.97. The maximum Gasteiger partial charge on any atom is 0.0946 e. The predicted molar refractivity (Wildman–Crippen MR) is 82.4 cm³/mol. The van der Waals surface area contributed by atoms with E-state index < -0.39 is 0 Å². The van der Waals surface area contributed by atoms with Crippen LogP contribution in [0.2, 0.25) is 0 Å². The van der Waals surface area contributed by atoms with Crippen LogP contribution in [0.4, 0.5) is 0 Å². The molecule has 0 radical (unpaired) electrons. The van der Waals surface area contributed by atoms with E-state index in [2.05, 4.69) is 58.3 Å². The molecule has 96 valence electrons. The van der Waals surface area contributed by atoms with Gasteiger partial charge in [-0.15, -0.1) is 0 Å². The molecular weight excluding hydrogens is 252 g/mol. The Morgan fingerprint density at radius 1 is 1.16 bits per heavy atom. The fourth-order valence-corrected chi connectivity index (χ4v) is 3.05. The summed E-state index contributed by atoms with van der Waals surface area (Å²) in [7, 11) is 0. The lowest BCUT2D eigenvalue weighted by atomic mass is 10.0. The van der Waals surface area contributed by atoms with Gasteiger partial charge < -0.3 is 4.57 Å². The smallest absolute Gasteiger partial charge is 0.0946 e. The van der Waals surface area contributed by atoms with Crippen molar-refractivity contribution in [3.05, 3.63) is 66.7 Å². The molecular formula is C16H16N2S. The third-order valence-corrected chi connectivity index (χ3v) is 4.36. The van der Waals surface area contributed by atoms with Gasteiger partial charge in [-0.1, -0.05) is 36.4 Å². The number of nitrogens with zero attached hydrogens (tertiary/aromatic N) is 2. The van der Waals surface area contributed by atoms with Crippen molar-refractivity contribution in [3.8, 4) is 0 Å². The molecule has 19 heavy (non-hydrogen) atoms. The van der Waals surface area contributed by atoms with Crippen molar-refractivity contribution in [1.29, 1.82) is 0 Å². The van der Waals surface area contributed by atoms with E-state index in [-0.39, 0.29) is 0 Å². The molecule has 0 saturated carbocycles. The van der Waals surface area contributed by atoms with E-state index in [1.54, 1.807) is 0 Å². The van der Waals surface area contributed by atoms with Crippen LogP contribution in [0.25, 0.3) is 10.8 Å². The third kappa shape index (κ3) is 2.66. The summed E-state index contributed by atoms with van der Waals surface area (Å²) >= 11 is 1.88. The molecule has 3 aromatic rings. The molecule has 0 saturated heterocycles. The van der Waals surface area contributed by atoms with Crippen LogP contribution in [-0.2, 0) is 6.54 Å². The summed E-state index contributed by atoms with van der Waals surface area (Å²) < 4.78 is 2.14. The van der Waals surface area contributed by atoms with Crippen molar-refractivity contribution < 1.29 is 0 Å². The van der Waals surface area contributed by atoms with Gasteiger partial charge in [0.25, 0.3) is 0 Å². The Balaban J connectivity index is 1.92. The van der Waals surface area contributed by atoms with Gasteiger partial charge >= 0.3 is 0 Å². The zero-order valence-electron chi connectivity index (χ0n) is 10.9. The highest BCUT2D eigenvalue weighted by Crippen LogP contribution is 2.30. The zero-order valence-corrected chi connectivity index (χ0v) is 11.7. The molecule has 0 fully saturated rings. The van der Waals surface area contributed by atoms with Crippen LogP contribution >= 0.6 is 11.8 Å². The summed E-state index contributed by atoms with van der Waals surface area (Å²) in [4.78, 5) is 4.11. The first-order chi connectivity index (χ1) is 9.36. The van der Waals surface area contributed by atoms with E-state index in [1.165, 1.54) is 16.3 Å². The highest BCUT2D eigenvalue weighted by molar-refractivity contribution is 7.98. The Labute approximate surface area is 117 Å². The molecule has 1 aromatic heterocycles. The van der Waals surface area contributed by atoms with E-state index >= 15 is 0 Å². The molecule has 0 amide bonds. The Morgan fingerprint density at radius 3 is 2.74 bits per heavy atom. The maximum atomic E-state index is 4.11. The first kappa shape index (κ1) is 12.3. The summed E-state index contributed by atoms with van der Waals surface area (Å²) in [6, 6.07) is 15.3. The maximum absolute atomic E-state index is 4.11. The lowest BCUT2D eigenvalue weighted by molar-refractivity contribution is 0.685. The van der Waals surface area contributed by atoms with E-state index in [0.29, 0.717) is 5.25 Å². The van der Waals surface area contributed by atoms with Crippen LogP contribution in [0.1, 0.15) is 10.8 Å². The van der Waals surface area contributed by atoms with Gasteiger partial charge in [0.2, 0.25) is 0 Å². The van der Waals surface area contributed by atoms with Crippen LogP contribution in [0, 0.1) is 0 Å². The molecule has 0 unspecified atom stereocenters. The standard InChI is InChI=1S/C16H16N2S/c1-19-16(11-18-9-8-17-12-18)15-7-6-13-4-2-3-5-14(13)10-15/h2-10,12,16H,11H2,1H3/t16-/m0/s1. The number of benzene rings is 2. The van der Waals surface area contributed by atoms with Gasteiger partial charge in [-0.2, -0.15) is 11.8 Å². The number of imidazole rings is 1. The zero-order chi connectivity index (χ0) is 13.1. The van der Waals surface area contributed by atoms with Crippen LogP contribution in [0.15, 0.2) is 61.2 Å². The fraction of sp³-hybridized carbons (Fsp3) is 0.188. The number of aromatic nitrogens is 2. The largest absolute Gasteiger partial charge is 0.336 e. The molecule has 3 rings (SSSR count). The predicted octanol–water partition coefficient (Wildman–Crippen LogP) is 4.14. The summed E-state index contributed by atoms with van der Waals surface area (Å²) in [5.41, 5.74) is 1.37. The van der Waals surface area contributed by atoms with E-state index in [4.69, 9.17) is 0 Å². The highest BCUT2D eigenvalue weighted by atomic mass is 32.2. The van der Waals surface area contributed by atoms with Gasteiger partial charge in [-0.25, -0.2) is 4.98 Å². The SMILES string of the molecule is CS[C@@H](Cn1ccnc1)c1ccc2ccccc2c1. The number of hydrogen-bond acceptors (Lipinski definition) is 2. The first-order valence-corrected chi connectivity index (χ1v) is 7.63. The minimum atomic E-state index is 0.457. The van der Waals surface area contributed by atoms with Gasteiger partial charge in [0.15, 0.2) is 0 Å². The highest BCUT2D eigenvalue weighted by Gasteiger charge is 2.11. The quantitative estimate of drug-likeness (QED) is 0.707. The van der Waals surface area contributed by atoms with Crippen LogP contribution < -0.4 is 0 Å². The third-order valence-electron chi connectivity index (χ3n) is 3.37. The van der Waals surface area contributed by atoms with Gasteiger partial charge in [-0.3, -0.25) is 0 Å². The summed E-state index contributed by atoms with van der Waals surface area (Å²) in [5, 5.41) is 3.07. The van der Waals surface area contributed by atoms with Crippen LogP contribution in [0.3, 0.4) is 0 Å². The second-order valence-corrected chi connectivity index (χ2v) is 5.63. The summed E-state index contributed by atoms with van der Waals surface area (Å²) in [6.07, 6.45) is 7.89. The Hall–Kier alpha value is -1.74. The lowest BCUT2D eigenvalue weighted by Crippen LogP contribution is -2.04. The van der Waals surface area contributed by atoms with Crippen molar-refractivity contribution in [1.82, 2.24) is 9.55 Å². The molecule has 0 aliphatic rings. The summed E-state index contributed by atoms with van der Waals surface area (Å²) in [6.45, 7) is 0.958. The van der Waals surface area contributed by atoms with Crippen molar-refractivity contribution in [2.24, 2.45) is 0 Å². The number of rotatable bonds is 4. The Bertz CT molecular complexity index is 661. The molecule has 0 aliphatic carbocycles. The van der Waals surface area contributed by atoms with Gasteiger partial charge in [0, 0.05) is 24.2 Å². The van der Waals surface area contributed by atoms with Crippen LogP contribution in [-0.4, -0.2) is 15.8 Å². The average molecular weight is 268 g/mol. The Kier molecular flexibility index (Phi) is 3.56. The van der Waals surface area contributed by atoms with E-state index in [9.17, 15) is 0 Å². The van der Waals surface area contributed by atoms with E-state index in [0.717, 1.165) is 6.54 Å². The number of fused-ring (bicyclic) bond motifs is 1. The lowest BCUT2D eigenvalue weighted by Gasteiger charge is -2.16.